The minimum absolute atomic E-state index is 0.288. The molecule has 0 aliphatic heterocycles. The highest BCUT2D eigenvalue weighted by Crippen LogP contribution is 2.21. The molecule has 0 fully saturated rings. The number of aromatic nitrogens is 2. The predicted octanol–water partition coefficient (Wildman–Crippen LogP) is 3.08. The van der Waals surface area contributed by atoms with Crippen LogP contribution in [0.25, 0.3) is 0 Å². The zero-order valence-corrected chi connectivity index (χ0v) is 11.3. The third-order valence-corrected chi connectivity index (χ3v) is 3.95. The van der Waals surface area contributed by atoms with Crippen molar-refractivity contribution in [1.29, 1.82) is 0 Å². The zero-order valence-electron chi connectivity index (χ0n) is 11.3. The summed E-state index contributed by atoms with van der Waals surface area (Å²) >= 11 is 0. The number of H-pyrrole nitrogens is 1. The first-order valence-corrected chi connectivity index (χ1v) is 6.34. The van der Waals surface area contributed by atoms with Crippen LogP contribution >= 0.6 is 0 Å². The molecule has 2 N–H and O–H groups in total. The average Bonchev–Trinajstić information content (AvgIpc) is 2.62. The molecule has 92 valence electrons. The molecule has 1 rings (SSSR count). The van der Waals surface area contributed by atoms with Crippen LogP contribution in [0.15, 0.2) is 0 Å². The molecule has 3 heteroatoms. The van der Waals surface area contributed by atoms with Crippen molar-refractivity contribution in [3.63, 3.8) is 0 Å². The van der Waals surface area contributed by atoms with E-state index in [4.69, 9.17) is 0 Å². The summed E-state index contributed by atoms with van der Waals surface area (Å²) in [7, 11) is 0. The molecule has 0 aliphatic rings. The highest BCUT2D eigenvalue weighted by molar-refractivity contribution is 5.23. The maximum absolute atomic E-state index is 4.23. The first kappa shape index (κ1) is 13.2. The molecule has 0 bridgehead atoms. The smallest absolute Gasteiger partial charge is 0.0638 e. The Morgan fingerprint density at radius 2 is 1.69 bits per heavy atom. The second kappa shape index (κ2) is 5.48. The Morgan fingerprint density at radius 1 is 1.12 bits per heavy atom. The van der Waals surface area contributed by atoms with E-state index in [0.717, 1.165) is 12.2 Å². The third-order valence-electron chi connectivity index (χ3n) is 3.95. The van der Waals surface area contributed by atoms with Crippen LogP contribution in [0, 0.1) is 13.8 Å². The lowest BCUT2D eigenvalue weighted by atomic mass is 9.89. The normalized spacial score (nSPS) is 12.1. The fourth-order valence-corrected chi connectivity index (χ4v) is 2.24. The summed E-state index contributed by atoms with van der Waals surface area (Å²) in [5.41, 5.74) is 3.90. The Balaban J connectivity index is 2.69. The summed E-state index contributed by atoms with van der Waals surface area (Å²) in [5.74, 6) is 0. The van der Waals surface area contributed by atoms with E-state index in [9.17, 15) is 0 Å². The zero-order chi connectivity index (χ0) is 12.2. The van der Waals surface area contributed by atoms with Gasteiger partial charge in [0.15, 0.2) is 0 Å². The van der Waals surface area contributed by atoms with Crippen LogP contribution in [0.1, 0.15) is 57.0 Å². The molecule has 0 spiro atoms. The number of aryl methyl sites for hydroxylation is 2. The van der Waals surface area contributed by atoms with Crippen LogP contribution in [-0.4, -0.2) is 15.7 Å². The number of nitrogens with one attached hydrogen (secondary N) is 2. The first-order chi connectivity index (χ1) is 7.58. The highest BCUT2D eigenvalue weighted by Gasteiger charge is 2.23. The largest absolute Gasteiger partial charge is 0.307 e. The number of hydrogen-bond donors (Lipinski definition) is 2. The molecule has 0 amide bonds. The molecule has 3 nitrogen and oxygen atoms in total. The van der Waals surface area contributed by atoms with Gasteiger partial charge >= 0.3 is 0 Å². The van der Waals surface area contributed by atoms with E-state index in [1.807, 2.05) is 0 Å². The molecular weight excluding hydrogens is 198 g/mol. The Bertz CT molecular complexity index is 296. The standard InChI is InChI=1S/C13H25N3/c1-6-13(7-2,8-3)14-9-12-10(4)15-16-11(12)5/h14H,6-9H2,1-5H3,(H,15,16). The van der Waals surface area contributed by atoms with E-state index in [0.29, 0.717) is 0 Å². The lowest BCUT2D eigenvalue weighted by Gasteiger charge is -2.32. The lowest BCUT2D eigenvalue weighted by molar-refractivity contribution is 0.287. The molecular formula is C13H25N3. The third kappa shape index (κ3) is 2.64. The molecule has 16 heavy (non-hydrogen) atoms. The highest BCUT2D eigenvalue weighted by atomic mass is 15.1. The Labute approximate surface area is 99.0 Å². The van der Waals surface area contributed by atoms with Crippen LogP contribution in [-0.2, 0) is 6.54 Å². The summed E-state index contributed by atoms with van der Waals surface area (Å²) in [6.45, 7) is 11.8. The molecule has 0 saturated carbocycles. The van der Waals surface area contributed by atoms with E-state index in [2.05, 4.69) is 50.1 Å². The van der Waals surface area contributed by atoms with E-state index < -0.39 is 0 Å². The van der Waals surface area contributed by atoms with Gasteiger partial charge in [0.2, 0.25) is 0 Å². The summed E-state index contributed by atoms with van der Waals surface area (Å²) in [6.07, 6.45) is 3.53. The van der Waals surface area contributed by atoms with Crippen molar-refractivity contribution >= 4 is 0 Å². The minimum Gasteiger partial charge on any atom is -0.307 e. The molecule has 0 unspecified atom stereocenters. The van der Waals surface area contributed by atoms with Crippen molar-refractivity contribution in [3.05, 3.63) is 17.0 Å². The van der Waals surface area contributed by atoms with Crippen LogP contribution in [0.4, 0.5) is 0 Å². The summed E-state index contributed by atoms with van der Waals surface area (Å²) in [6, 6.07) is 0. The van der Waals surface area contributed by atoms with Crippen LogP contribution in [0.5, 0.6) is 0 Å². The van der Waals surface area contributed by atoms with E-state index >= 15 is 0 Å². The molecule has 0 aliphatic carbocycles. The van der Waals surface area contributed by atoms with Gasteiger partial charge in [-0.2, -0.15) is 5.10 Å². The van der Waals surface area contributed by atoms with Crippen molar-refractivity contribution in [2.24, 2.45) is 0 Å². The minimum atomic E-state index is 0.288. The van der Waals surface area contributed by atoms with Gasteiger partial charge in [-0.3, -0.25) is 5.10 Å². The predicted molar refractivity (Wildman–Crippen MR) is 68.5 cm³/mol. The van der Waals surface area contributed by atoms with Gasteiger partial charge in [0, 0.05) is 23.3 Å². The van der Waals surface area contributed by atoms with Crippen LogP contribution < -0.4 is 5.32 Å². The van der Waals surface area contributed by atoms with Gasteiger partial charge < -0.3 is 5.32 Å². The molecule has 0 saturated heterocycles. The van der Waals surface area contributed by atoms with Gasteiger partial charge in [0.1, 0.15) is 0 Å². The van der Waals surface area contributed by atoms with Crippen molar-refractivity contribution in [2.45, 2.75) is 66.0 Å². The molecule has 0 radical (unpaired) electrons. The number of hydrogen-bond acceptors (Lipinski definition) is 2. The Kier molecular flexibility index (Phi) is 4.54. The number of aromatic amines is 1. The maximum atomic E-state index is 4.23. The van der Waals surface area contributed by atoms with E-state index in [1.165, 1.54) is 30.5 Å². The van der Waals surface area contributed by atoms with Crippen molar-refractivity contribution in [2.75, 3.05) is 0 Å². The number of nitrogens with zero attached hydrogens (tertiary/aromatic N) is 1. The Hall–Kier alpha value is -0.830. The van der Waals surface area contributed by atoms with Crippen molar-refractivity contribution in [3.8, 4) is 0 Å². The molecule has 1 aromatic heterocycles. The first-order valence-electron chi connectivity index (χ1n) is 6.34. The summed E-state index contributed by atoms with van der Waals surface area (Å²) in [4.78, 5) is 0. The van der Waals surface area contributed by atoms with Gasteiger partial charge in [-0.15, -0.1) is 0 Å². The van der Waals surface area contributed by atoms with Crippen LogP contribution in [0.2, 0.25) is 0 Å². The second-order valence-corrected chi connectivity index (χ2v) is 4.61. The van der Waals surface area contributed by atoms with Crippen LogP contribution in [0.3, 0.4) is 0 Å². The maximum Gasteiger partial charge on any atom is 0.0638 e. The van der Waals surface area contributed by atoms with Gasteiger partial charge in [-0.25, -0.2) is 0 Å². The van der Waals surface area contributed by atoms with Crippen molar-refractivity contribution < 1.29 is 0 Å². The topological polar surface area (TPSA) is 40.7 Å². The van der Waals surface area contributed by atoms with Crippen molar-refractivity contribution in [1.82, 2.24) is 15.5 Å². The molecule has 0 aromatic carbocycles. The molecule has 0 atom stereocenters. The number of rotatable bonds is 6. The van der Waals surface area contributed by atoms with E-state index in [-0.39, 0.29) is 5.54 Å². The average molecular weight is 223 g/mol. The van der Waals surface area contributed by atoms with E-state index in [1.54, 1.807) is 0 Å². The van der Waals surface area contributed by atoms with Gasteiger partial charge in [0.05, 0.1) is 5.69 Å². The quantitative estimate of drug-likeness (QED) is 0.778. The SMILES string of the molecule is CCC(CC)(CC)NCc1c(C)n[nH]c1C. The Morgan fingerprint density at radius 3 is 2.06 bits per heavy atom. The summed E-state index contributed by atoms with van der Waals surface area (Å²) < 4.78 is 0. The van der Waals surface area contributed by atoms with Gasteiger partial charge in [0.25, 0.3) is 0 Å². The monoisotopic (exact) mass is 223 g/mol. The summed E-state index contributed by atoms with van der Waals surface area (Å²) in [5, 5.41) is 11.0. The lowest BCUT2D eigenvalue weighted by Crippen LogP contribution is -2.43. The van der Waals surface area contributed by atoms with Gasteiger partial charge in [-0.05, 0) is 33.1 Å². The fraction of sp³-hybridized carbons (Fsp3) is 0.769. The second-order valence-electron chi connectivity index (χ2n) is 4.61. The molecule has 1 aromatic rings. The fourth-order valence-electron chi connectivity index (χ4n) is 2.24. The molecule has 1 heterocycles. The van der Waals surface area contributed by atoms with Gasteiger partial charge in [-0.1, -0.05) is 20.8 Å².